The molecular weight excluding hydrogens is 188 g/mol. The van der Waals surface area contributed by atoms with Crippen molar-refractivity contribution in [1.29, 1.82) is 5.26 Å². The van der Waals surface area contributed by atoms with Crippen LogP contribution in [-0.2, 0) is 10.0 Å². The molecule has 1 saturated heterocycles. The van der Waals surface area contributed by atoms with Crippen LogP contribution in [0, 0.1) is 11.3 Å². The van der Waals surface area contributed by atoms with Gasteiger partial charge in [-0.2, -0.15) is 9.57 Å². The van der Waals surface area contributed by atoms with Gasteiger partial charge in [0.15, 0.2) is 0 Å². The molecule has 1 aliphatic heterocycles. The second kappa shape index (κ2) is 3.28. The minimum absolute atomic E-state index is 0.185. The number of sulfonamides is 1. The number of nitrogens with zero attached hydrogens (tertiary/aromatic N) is 2. The van der Waals surface area contributed by atoms with E-state index < -0.39 is 15.6 Å². The third-order valence-electron chi connectivity index (χ3n) is 2.58. The average Bonchev–Trinajstić information content (AvgIpc) is 2.44. The van der Waals surface area contributed by atoms with E-state index in [1.54, 1.807) is 6.92 Å². The van der Waals surface area contributed by atoms with E-state index in [9.17, 15) is 8.42 Å². The fourth-order valence-electron chi connectivity index (χ4n) is 1.50. The van der Waals surface area contributed by atoms with Crippen molar-refractivity contribution in [3.63, 3.8) is 0 Å². The van der Waals surface area contributed by atoms with Gasteiger partial charge in [-0.1, -0.05) is 6.92 Å². The van der Waals surface area contributed by atoms with Gasteiger partial charge in [0, 0.05) is 6.54 Å². The molecule has 0 bridgehead atoms. The molecule has 13 heavy (non-hydrogen) atoms. The molecule has 0 radical (unpaired) electrons. The molecule has 1 rings (SSSR count). The first-order valence-corrected chi connectivity index (χ1v) is 5.99. The Morgan fingerprint density at radius 3 is 2.54 bits per heavy atom. The van der Waals surface area contributed by atoms with Crippen LogP contribution in [0.25, 0.3) is 0 Å². The zero-order valence-electron chi connectivity index (χ0n) is 7.95. The zero-order chi connectivity index (χ0) is 10.1. The van der Waals surface area contributed by atoms with Crippen LogP contribution in [0.1, 0.15) is 26.7 Å². The van der Waals surface area contributed by atoms with Crippen LogP contribution in [0.2, 0.25) is 0 Å². The predicted octanol–water partition coefficient (Wildman–Crippen LogP) is 0.714. The molecule has 0 aromatic carbocycles. The second-order valence-electron chi connectivity index (χ2n) is 3.48. The van der Waals surface area contributed by atoms with Gasteiger partial charge in [-0.3, -0.25) is 0 Å². The fourth-order valence-corrected chi connectivity index (χ4v) is 3.41. The molecule has 0 spiro atoms. The smallest absolute Gasteiger partial charge is 0.212 e. The largest absolute Gasteiger partial charge is 0.215 e. The van der Waals surface area contributed by atoms with Gasteiger partial charge in [-0.25, -0.2) is 8.42 Å². The molecule has 0 aromatic rings. The van der Waals surface area contributed by atoms with Crippen molar-refractivity contribution in [2.75, 3.05) is 12.3 Å². The first kappa shape index (κ1) is 10.5. The minimum atomic E-state index is -3.16. The van der Waals surface area contributed by atoms with Crippen molar-refractivity contribution >= 4 is 10.0 Å². The summed E-state index contributed by atoms with van der Waals surface area (Å²) in [6.07, 6.45) is 1.17. The highest BCUT2D eigenvalue weighted by molar-refractivity contribution is 7.89. The third-order valence-corrected chi connectivity index (χ3v) is 4.64. The van der Waals surface area contributed by atoms with Crippen molar-refractivity contribution in [3.8, 4) is 6.07 Å². The summed E-state index contributed by atoms with van der Waals surface area (Å²) in [5, 5.41) is 8.92. The van der Waals surface area contributed by atoms with Crippen molar-refractivity contribution in [3.05, 3.63) is 0 Å². The molecule has 0 saturated carbocycles. The van der Waals surface area contributed by atoms with Crippen molar-refractivity contribution < 1.29 is 8.42 Å². The van der Waals surface area contributed by atoms with E-state index >= 15 is 0 Å². The number of nitriles is 1. The monoisotopic (exact) mass is 202 g/mol. The normalized spacial score (nSPS) is 26.5. The topological polar surface area (TPSA) is 61.2 Å². The van der Waals surface area contributed by atoms with E-state index in [1.807, 2.05) is 6.92 Å². The molecule has 0 aromatic heterocycles. The molecule has 1 atom stereocenters. The maximum Gasteiger partial charge on any atom is 0.215 e. The van der Waals surface area contributed by atoms with Gasteiger partial charge in [-0.05, 0) is 19.8 Å². The predicted molar refractivity (Wildman–Crippen MR) is 49.4 cm³/mol. The van der Waals surface area contributed by atoms with Gasteiger partial charge in [0.05, 0.1) is 11.8 Å². The number of rotatable bonds is 2. The van der Waals surface area contributed by atoms with Crippen LogP contribution in [0.15, 0.2) is 0 Å². The lowest BCUT2D eigenvalue weighted by Crippen LogP contribution is -2.45. The Morgan fingerprint density at radius 2 is 2.23 bits per heavy atom. The van der Waals surface area contributed by atoms with E-state index in [-0.39, 0.29) is 5.75 Å². The van der Waals surface area contributed by atoms with Crippen LogP contribution in [-0.4, -0.2) is 30.6 Å². The minimum Gasteiger partial charge on any atom is -0.212 e. The first-order valence-electron chi connectivity index (χ1n) is 4.38. The van der Waals surface area contributed by atoms with Gasteiger partial charge in [0.1, 0.15) is 5.54 Å². The van der Waals surface area contributed by atoms with E-state index in [0.717, 1.165) is 0 Å². The Bertz CT molecular complexity index is 331. The van der Waals surface area contributed by atoms with Crippen LogP contribution in [0.4, 0.5) is 0 Å². The molecule has 0 amide bonds. The molecule has 1 unspecified atom stereocenters. The molecule has 4 nitrogen and oxygen atoms in total. The quantitative estimate of drug-likeness (QED) is 0.662. The lowest BCUT2D eigenvalue weighted by molar-refractivity contribution is 0.278. The molecule has 1 heterocycles. The van der Waals surface area contributed by atoms with Crippen molar-refractivity contribution in [2.24, 2.45) is 0 Å². The SMILES string of the molecule is CCC(C)(C#N)N1CCCS1(=O)=O. The Balaban J connectivity index is 3.02. The van der Waals surface area contributed by atoms with Crippen LogP contribution in [0.3, 0.4) is 0 Å². The summed E-state index contributed by atoms with van der Waals surface area (Å²) < 4.78 is 24.3. The second-order valence-corrected chi connectivity index (χ2v) is 5.49. The Labute approximate surface area is 79.2 Å². The molecule has 0 aliphatic carbocycles. The summed E-state index contributed by atoms with van der Waals surface area (Å²) in [7, 11) is -3.16. The molecule has 74 valence electrons. The number of hydrogen-bond donors (Lipinski definition) is 0. The zero-order valence-corrected chi connectivity index (χ0v) is 8.76. The molecule has 1 aliphatic rings. The van der Waals surface area contributed by atoms with Gasteiger partial charge in [0.2, 0.25) is 10.0 Å². The summed E-state index contributed by atoms with van der Waals surface area (Å²) in [5.41, 5.74) is -0.852. The van der Waals surface area contributed by atoms with E-state index in [1.165, 1.54) is 4.31 Å². The maximum atomic E-state index is 11.5. The average molecular weight is 202 g/mol. The molecule has 5 heteroatoms. The third kappa shape index (κ3) is 1.69. The summed E-state index contributed by atoms with van der Waals surface area (Å²) in [6, 6.07) is 2.07. The Kier molecular flexibility index (Phi) is 2.64. The lowest BCUT2D eigenvalue weighted by Gasteiger charge is -2.29. The lowest BCUT2D eigenvalue weighted by atomic mass is 10.0. The summed E-state index contributed by atoms with van der Waals surface area (Å²) in [4.78, 5) is 0. The van der Waals surface area contributed by atoms with E-state index in [4.69, 9.17) is 5.26 Å². The molecule has 0 N–H and O–H groups in total. The highest BCUT2D eigenvalue weighted by Gasteiger charge is 2.41. The molecule has 1 fully saturated rings. The molecular formula is C8H14N2O2S. The van der Waals surface area contributed by atoms with Crippen molar-refractivity contribution in [1.82, 2.24) is 4.31 Å². The van der Waals surface area contributed by atoms with Gasteiger partial charge in [-0.15, -0.1) is 0 Å². The van der Waals surface area contributed by atoms with Crippen molar-refractivity contribution in [2.45, 2.75) is 32.2 Å². The summed E-state index contributed by atoms with van der Waals surface area (Å²) in [6.45, 7) is 3.99. The number of hydrogen-bond acceptors (Lipinski definition) is 3. The highest BCUT2D eigenvalue weighted by atomic mass is 32.2. The van der Waals surface area contributed by atoms with Crippen LogP contribution < -0.4 is 0 Å². The van der Waals surface area contributed by atoms with E-state index in [0.29, 0.717) is 19.4 Å². The first-order chi connectivity index (χ1) is 5.96. The van der Waals surface area contributed by atoms with Crippen LogP contribution in [0.5, 0.6) is 0 Å². The maximum absolute atomic E-state index is 11.5. The van der Waals surface area contributed by atoms with Crippen LogP contribution >= 0.6 is 0 Å². The Hall–Kier alpha value is -0.600. The van der Waals surface area contributed by atoms with E-state index in [2.05, 4.69) is 6.07 Å². The van der Waals surface area contributed by atoms with Gasteiger partial charge in [0.25, 0.3) is 0 Å². The fraction of sp³-hybridized carbons (Fsp3) is 0.875. The summed E-state index contributed by atoms with van der Waals surface area (Å²) in [5.74, 6) is 0.185. The Morgan fingerprint density at radius 1 is 1.62 bits per heavy atom. The standard InChI is InChI=1S/C8H14N2O2S/c1-3-8(2,7-9)10-5-4-6-13(10,11)12/h3-6H2,1-2H3. The highest BCUT2D eigenvalue weighted by Crippen LogP contribution is 2.27. The summed E-state index contributed by atoms with van der Waals surface area (Å²) >= 11 is 0. The van der Waals surface area contributed by atoms with Gasteiger partial charge >= 0.3 is 0 Å². The van der Waals surface area contributed by atoms with Gasteiger partial charge < -0.3 is 0 Å².